The fourth-order valence-electron chi connectivity index (χ4n) is 1.55. The molecular formula is C10H15ClN2S. The Bertz CT molecular complexity index is 296. The highest BCUT2D eigenvalue weighted by molar-refractivity contribution is 7.15. The number of hydrogen-bond acceptors (Lipinski definition) is 3. The second kappa shape index (κ2) is 4.60. The van der Waals surface area contributed by atoms with Gasteiger partial charge in [0.05, 0.1) is 0 Å². The van der Waals surface area contributed by atoms with Crippen LogP contribution in [0.5, 0.6) is 0 Å². The van der Waals surface area contributed by atoms with Gasteiger partial charge in [-0.15, -0.1) is 11.3 Å². The molecule has 1 heterocycles. The molecule has 0 aliphatic heterocycles. The second-order valence-electron chi connectivity index (χ2n) is 3.85. The Morgan fingerprint density at radius 2 is 2.43 bits per heavy atom. The van der Waals surface area contributed by atoms with Crippen LogP contribution in [-0.4, -0.2) is 23.0 Å². The summed E-state index contributed by atoms with van der Waals surface area (Å²) in [6.07, 6.45) is 4.72. The van der Waals surface area contributed by atoms with E-state index in [0.29, 0.717) is 4.47 Å². The minimum Gasteiger partial charge on any atom is -0.298 e. The van der Waals surface area contributed by atoms with Gasteiger partial charge in [-0.3, -0.25) is 4.90 Å². The smallest absolute Gasteiger partial charge is 0.183 e. The Kier molecular flexibility index (Phi) is 3.42. The summed E-state index contributed by atoms with van der Waals surface area (Å²) in [6, 6.07) is 0. The summed E-state index contributed by atoms with van der Waals surface area (Å²) in [6.45, 7) is 5.58. The molecule has 4 heteroatoms. The Morgan fingerprint density at radius 1 is 1.64 bits per heavy atom. The normalized spacial score (nSPS) is 16.5. The summed E-state index contributed by atoms with van der Waals surface area (Å²) in [5.41, 5.74) is 0. The molecule has 0 saturated heterocycles. The van der Waals surface area contributed by atoms with Crippen LogP contribution in [0.2, 0.25) is 4.47 Å². The van der Waals surface area contributed by atoms with Crippen LogP contribution in [-0.2, 0) is 6.54 Å². The molecule has 14 heavy (non-hydrogen) atoms. The first-order valence-corrected chi connectivity index (χ1v) is 6.30. The van der Waals surface area contributed by atoms with Crippen molar-refractivity contribution in [1.29, 1.82) is 0 Å². The molecule has 0 unspecified atom stereocenters. The first-order chi connectivity index (χ1) is 6.78. The SMILES string of the molecule is CCN(Cc1cnc(Cl)s1)CC1CC1. The van der Waals surface area contributed by atoms with Crippen LogP contribution >= 0.6 is 22.9 Å². The molecule has 0 aromatic carbocycles. The van der Waals surface area contributed by atoms with Gasteiger partial charge in [0.1, 0.15) is 0 Å². The largest absolute Gasteiger partial charge is 0.298 e. The molecule has 0 radical (unpaired) electrons. The van der Waals surface area contributed by atoms with E-state index in [2.05, 4.69) is 16.8 Å². The number of nitrogens with zero attached hydrogens (tertiary/aromatic N) is 2. The zero-order chi connectivity index (χ0) is 9.97. The highest BCUT2D eigenvalue weighted by Crippen LogP contribution is 2.30. The van der Waals surface area contributed by atoms with Crippen molar-refractivity contribution in [2.45, 2.75) is 26.3 Å². The van der Waals surface area contributed by atoms with Crippen LogP contribution < -0.4 is 0 Å². The van der Waals surface area contributed by atoms with E-state index in [9.17, 15) is 0 Å². The Balaban J connectivity index is 1.86. The number of hydrogen-bond donors (Lipinski definition) is 0. The summed E-state index contributed by atoms with van der Waals surface area (Å²) in [7, 11) is 0. The molecule has 1 aromatic rings. The lowest BCUT2D eigenvalue weighted by molar-refractivity contribution is 0.270. The van der Waals surface area contributed by atoms with Crippen LogP contribution in [0, 0.1) is 5.92 Å². The number of aromatic nitrogens is 1. The molecule has 2 nitrogen and oxygen atoms in total. The molecule has 1 aliphatic carbocycles. The van der Waals surface area contributed by atoms with Crippen LogP contribution in [0.3, 0.4) is 0 Å². The van der Waals surface area contributed by atoms with Gasteiger partial charge in [0.2, 0.25) is 0 Å². The van der Waals surface area contributed by atoms with Gasteiger partial charge in [-0.25, -0.2) is 4.98 Å². The molecular weight excluding hydrogens is 216 g/mol. The lowest BCUT2D eigenvalue weighted by Crippen LogP contribution is -2.24. The van der Waals surface area contributed by atoms with Crippen molar-refractivity contribution in [3.63, 3.8) is 0 Å². The van der Waals surface area contributed by atoms with Gasteiger partial charge < -0.3 is 0 Å². The lowest BCUT2D eigenvalue weighted by atomic mass is 10.3. The van der Waals surface area contributed by atoms with Gasteiger partial charge in [-0.05, 0) is 25.3 Å². The molecule has 1 fully saturated rings. The first-order valence-electron chi connectivity index (χ1n) is 5.10. The quantitative estimate of drug-likeness (QED) is 0.773. The number of rotatable bonds is 5. The van der Waals surface area contributed by atoms with Crippen molar-refractivity contribution in [2.24, 2.45) is 5.92 Å². The maximum absolute atomic E-state index is 5.79. The summed E-state index contributed by atoms with van der Waals surface area (Å²) < 4.78 is 0.655. The third-order valence-corrected chi connectivity index (χ3v) is 3.66. The fraction of sp³-hybridized carbons (Fsp3) is 0.700. The molecule has 0 atom stereocenters. The Labute approximate surface area is 93.9 Å². The van der Waals surface area contributed by atoms with E-state index < -0.39 is 0 Å². The van der Waals surface area contributed by atoms with Crippen molar-refractivity contribution >= 4 is 22.9 Å². The summed E-state index contributed by atoms with van der Waals surface area (Å²) in [5.74, 6) is 0.957. The van der Waals surface area contributed by atoms with Crippen molar-refractivity contribution in [3.8, 4) is 0 Å². The molecule has 1 aliphatic rings. The molecule has 0 N–H and O–H groups in total. The van der Waals surface area contributed by atoms with E-state index in [0.717, 1.165) is 19.0 Å². The monoisotopic (exact) mass is 230 g/mol. The zero-order valence-corrected chi connectivity index (χ0v) is 9.94. The molecule has 1 aromatic heterocycles. The minimum atomic E-state index is 0.655. The van der Waals surface area contributed by atoms with Crippen LogP contribution in [0.15, 0.2) is 6.20 Å². The Hall–Kier alpha value is -0.120. The Morgan fingerprint density at radius 3 is 2.93 bits per heavy atom. The fourth-order valence-corrected chi connectivity index (χ4v) is 2.57. The van der Waals surface area contributed by atoms with Gasteiger partial charge in [0.15, 0.2) is 4.47 Å². The highest BCUT2D eigenvalue weighted by Gasteiger charge is 2.23. The van der Waals surface area contributed by atoms with Gasteiger partial charge in [0.25, 0.3) is 0 Å². The summed E-state index contributed by atoms with van der Waals surface area (Å²) >= 11 is 7.39. The first kappa shape index (κ1) is 10.4. The molecule has 0 bridgehead atoms. The van der Waals surface area contributed by atoms with Crippen molar-refractivity contribution in [2.75, 3.05) is 13.1 Å². The van der Waals surface area contributed by atoms with E-state index in [1.807, 2.05) is 6.20 Å². The van der Waals surface area contributed by atoms with Gasteiger partial charge >= 0.3 is 0 Å². The van der Waals surface area contributed by atoms with Crippen LogP contribution in [0.25, 0.3) is 0 Å². The minimum absolute atomic E-state index is 0.655. The van der Waals surface area contributed by atoms with Crippen molar-refractivity contribution < 1.29 is 0 Å². The highest BCUT2D eigenvalue weighted by atomic mass is 35.5. The van der Waals surface area contributed by atoms with E-state index in [4.69, 9.17) is 11.6 Å². The van der Waals surface area contributed by atoms with E-state index >= 15 is 0 Å². The van der Waals surface area contributed by atoms with Gasteiger partial charge in [0, 0.05) is 24.2 Å². The molecule has 0 amide bonds. The van der Waals surface area contributed by atoms with Crippen molar-refractivity contribution in [3.05, 3.63) is 15.5 Å². The molecule has 2 rings (SSSR count). The lowest BCUT2D eigenvalue weighted by Gasteiger charge is -2.18. The average molecular weight is 231 g/mol. The van der Waals surface area contributed by atoms with Crippen LogP contribution in [0.4, 0.5) is 0 Å². The van der Waals surface area contributed by atoms with E-state index in [1.54, 1.807) is 11.3 Å². The third kappa shape index (κ3) is 2.94. The topological polar surface area (TPSA) is 16.1 Å². The van der Waals surface area contributed by atoms with E-state index in [-0.39, 0.29) is 0 Å². The van der Waals surface area contributed by atoms with Crippen LogP contribution in [0.1, 0.15) is 24.6 Å². The zero-order valence-electron chi connectivity index (χ0n) is 8.37. The van der Waals surface area contributed by atoms with E-state index in [1.165, 1.54) is 24.3 Å². The molecule has 1 saturated carbocycles. The second-order valence-corrected chi connectivity index (χ2v) is 5.55. The summed E-state index contributed by atoms with van der Waals surface area (Å²) in [5, 5.41) is 0. The maximum atomic E-state index is 5.79. The predicted molar refractivity (Wildman–Crippen MR) is 60.8 cm³/mol. The molecule has 78 valence electrons. The summed E-state index contributed by atoms with van der Waals surface area (Å²) in [4.78, 5) is 7.81. The third-order valence-electron chi connectivity index (χ3n) is 2.57. The van der Waals surface area contributed by atoms with Gasteiger partial charge in [-0.2, -0.15) is 0 Å². The number of halogens is 1. The predicted octanol–water partition coefficient (Wildman–Crippen LogP) is 3.03. The standard InChI is InChI=1S/C10H15ClN2S/c1-2-13(6-8-3-4-8)7-9-5-12-10(11)14-9/h5,8H,2-4,6-7H2,1H3. The maximum Gasteiger partial charge on any atom is 0.183 e. The molecule has 0 spiro atoms. The number of thiazole rings is 1. The van der Waals surface area contributed by atoms with Gasteiger partial charge in [-0.1, -0.05) is 18.5 Å². The average Bonchev–Trinajstić information content (AvgIpc) is 2.89. The van der Waals surface area contributed by atoms with Crippen molar-refractivity contribution in [1.82, 2.24) is 9.88 Å².